The standard InChI is InChI=1S/C9H6F3N3OS/c10-9(11,12)16-6-2-1-5(4-13)7(3-6)15-8(14)17/h1-3H,(H3,14,15,17). The van der Waals surface area contributed by atoms with Gasteiger partial charge in [0.2, 0.25) is 0 Å². The first-order valence-electron chi connectivity index (χ1n) is 4.18. The number of hydrogen-bond donors (Lipinski definition) is 2. The molecule has 0 aromatic heterocycles. The summed E-state index contributed by atoms with van der Waals surface area (Å²) in [6, 6.07) is 4.96. The lowest BCUT2D eigenvalue weighted by atomic mass is 10.2. The molecule has 0 aliphatic carbocycles. The number of nitrogens with zero attached hydrogens (tertiary/aromatic N) is 1. The fourth-order valence-electron chi connectivity index (χ4n) is 1.05. The van der Waals surface area contributed by atoms with Crippen LogP contribution in [0.5, 0.6) is 5.75 Å². The van der Waals surface area contributed by atoms with Crippen molar-refractivity contribution in [3.8, 4) is 11.8 Å². The first-order chi connectivity index (χ1) is 7.81. The van der Waals surface area contributed by atoms with Crippen molar-refractivity contribution in [1.82, 2.24) is 0 Å². The van der Waals surface area contributed by atoms with Crippen LogP contribution in [-0.4, -0.2) is 11.5 Å². The van der Waals surface area contributed by atoms with Gasteiger partial charge in [-0.3, -0.25) is 0 Å². The molecular formula is C9H6F3N3OS. The smallest absolute Gasteiger partial charge is 0.406 e. The number of nitrogens with two attached hydrogens (primary N) is 1. The highest BCUT2D eigenvalue weighted by Gasteiger charge is 2.31. The zero-order valence-electron chi connectivity index (χ0n) is 8.21. The van der Waals surface area contributed by atoms with Crippen molar-refractivity contribution in [2.45, 2.75) is 6.36 Å². The molecule has 0 heterocycles. The van der Waals surface area contributed by atoms with Gasteiger partial charge in [-0.2, -0.15) is 5.26 Å². The summed E-state index contributed by atoms with van der Waals surface area (Å²) in [6.07, 6.45) is -4.80. The second-order valence-corrected chi connectivity index (χ2v) is 3.30. The third-order valence-corrected chi connectivity index (χ3v) is 1.70. The highest BCUT2D eigenvalue weighted by atomic mass is 32.1. The molecule has 3 N–H and O–H groups in total. The van der Waals surface area contributed by atoms with E-state index in [1.165, 1.54) is 6.07 Å². The molecule has 0 atom stereocenters. The molecule has 0 bridgehead atoms. The summed E-state index contributed by atoms with van der Waals surface area (Å²) in [6.45, 7) is 0. The van der Waals surface area contributed by atoms with Gasteiger partial charge in [0.15, 0.2) is 5.11 Å². The van der Waals surface area contributed by atoms with Crippen molar-refractivity contribution in [1.29, 1.82) is 5.26 Å². The molecule has 1 aromatic carbocycles. The zero-order valence-corrected chi connectivity index (χ0v) is 9.02. The Morgan fingerprint density at radius 1 is 1.47 bits per heavy atom. The maximum absolute atomic E-state index is 12.0. The minimum atomic E-state index is -4.80. The molecule has 0 amide bonds. The number of ether oxygens (including phenoxy) is 1. The molecule has 0 saturated heterocycles. The molecule has 1 aromatic rings. The largest absolute Gasteiger partial charge is 0.573 e. The van der Waals surface area contributed by atoms with E-state index in [2.05, 4.69) is 22.3 Å². The number of thiocarbonyl (C=S) groups is 1. The Kier molecular flexibility index (Phi) is 3.75. The maximum Gasteiger partial charge on any atom is 0.573 e. The molecular weight excluding hydrogens is 255 g/mol. The van der Waals surface area contributed by atoms with Crippen LogP contribution in [0.15, 0.2) is 18.2 Å². The SMILES string of the molecule is N#Cc1ccc(OC(F)(F)F)cc1NC(N)=S. The van der Waals surface area contributed by atoms with Gasteiger partial charge < -0.3 is 15.8 Å². The predicted octanol–water partition coefficient (Wildman–Crippen LogP) is 2.11. The molecule has 0 aliphatic heterocycles. The molecule has 0 radical (unpaired) electrons. The molecule has 0 saturated carbocycles. The monoisotopic (exact) mass is 261 g/mol. The van der Waals surface area contributed by atoms with Gasteiger partial charge in [-0.1, -0.05) is 0 Å². The summed E-state index contributed by atoms with van der Waals surface area (Å²) in [4.78, 5) is 0. The Hall–Kier alpha value is -2.01. The summed E-state index contributed by atoms with van der Waals surface area (Å²) >= 11 is 4.53. The lowest BCUT2D eigenvalue weighted by molar-refractivity contribution is -0.274. The van der Waals surface area contributed by atoms with Gasteiger partial charge in [-0.15, -0.1) is 13.2 Å². The zero-order chi connectivity index (χ0) is 13.1. The van der Waals surface area contributed by atoms with Gasteiger partial charge in [0, 0.05) is 6.07 Å². The highest BCUT2D eigenvalue weighted by Crippen LogP contribution is 2.27. The quantitative estimate of drug-likeness (QED) is 0.798. The van der Waals surface area contributed by atoms with Crippen LogP contribution in [-0.2, 0) is 0 Å². The second-order valence-electron chi connectivity index (χ2n) is 2.86. The predicted molar refractivity (Wildman–Crippen MR) is 58.2 cm³/mol. The lowest BCUT2D eigenvalue weighted by Gasteiger charge is -2.11. The van der Waals surface area contributed by atoms with Gasteiger partial charge in [-0.05, 0) is 24.4 Å². The third kappa shape index (κ3) is 4.16. The average Bonchev–Trinajstić information content (AvgIpc) is 2.14. The van der Waals surface area contributed by atoms with Crippen LogP contribution in [0.4, 0.5) is 18.9 Å². The normalized spacial score (nSPS) is 10.5. The number of hydrogen-bond acceptors (Lipinski definition) is 3. The van der Waals surface area contributed by atoms with Crippen LogP contribution in [0.25, 0.3) is 0 Å². The van der Waals surface area contributed by atoms with E-state index in [0.717, 1.165) is 12.1 Å². The Balaban J connectivity index is 3.05. The summed E-state index contributed by atoms with van der Waals surface area (Å²) in [5.41, 5.74) is 5.33. The molecule has 4 nitrogen and oxygen atoms in total. The van der Waals surface area contributed by atoms with E-state index < -0.39 is 12.1 Å². The Morgan fingerprint density at radius 3 is 2.59 bits per heavy atom. The highest BCUT2D eigenvalue weighted by molar-refractivity contribution is 7.80. The van der Waals surface area contributed by atoms with Gasteiger partial charge >= 0.3 is 6.36 Å². The van der Waals surface area contributed by atoms with Gasteiger partial charge in [0.25, 0.3) is 0 Å². The van der Waals surface area contributed by atoms with Gasteiger partial charge in [0.05, 0.1) is 11.3 Å². The number of nitrogens with one attached hydrogen (secondary N) is 1. The van der Waals surface area contributed by atoms with Crippen molar-refractivity contribution < 1.29 is 17.9 Å². The molecule has 0 aliphatic rings. The van der Waals surface area contributed by atoms with Crippen LogP contribution in [0.1, 0.15) is 5.56 Å². The number of rotatable bonds is 2. The number of alkyl halides is 3. The van der Waals surface area contributed by atoms with E-state index in [-0.39, 0.29) is 16.4 Å². The Bertz CT molecular complexity index is 481. The molecule has 0 fully saturated rings. The number of nitriles is 1. The van der Waals surface area contributed by atoms with E-state index in [1.54, 1.807) is 6.07 Å². The van der Waals surface area contributed by atoms with Crippen molar-refractivity contribution in [3.05, 3.63) is 23.8 Å². The summed E-state index contributed by atoms with van der Waals surface area (Å²) in [7, 11) is 0. The summed E-state index contributed by atoms with van der Waals surface area (Å²) in [5, 5.41) is 10.9. The van der Waals surface area contributed by atoms with E-state index in [4.69, 9.17) is 11.0 Å². The van der Waals surface area contributed by atoms with Crippen LogP contribution in [0.3, 0.4) is 0 Å². The van der Waals surface area contributed by atoms with Crippen LogP contribution in [0.2, 0.25) is 0 Å². The minimum Gasteiger partial charge on any atom is -0.406 e. The van der Waals surface area contributed by atoms with E-state index in [9.17, 15) is 13.2 Å². The fraction of sp³-hybridized carbons (Fsp3) is 0.111. The van der Waals surface area contributed by atoms with Crippen molar-refractivity contribution in [2.24, 2.45) is 5.73 Å². The molecule has 8 heteroatoms. The van der Waals surface area contributed by atoms with Crippen molar-refractivity contribution in [3.63, 3.8) is 0 Å². The van der Waals surface area contributed by atoms with Crippen LogP contribution in [0, 0.1) is 11.3 Å². The Labute approximate surface area is 99.8 Å². The van der Waals surface area contributed by atoms with Gasteiger partial charge in [0.1, 0.15) is 11.8 Å². The van der Waals surface area contributed by atoms with Crippen molar-refractivity contribution in [2.75, 3.05) is 5.32 Å². The first kappa shape index (κ1) is 13.1. The van der Waals surface area contributed by atoms with E-state index in [1.807, 2.05) is 0 Å². The summed E-state index contributed by atoms with van der Waals surface area (Å²) in [5.74, 6) is -0.463. The van der Waals surface area contributed by atoms with E-state index in [0.29, 0.717) is 0 Å². The molecule has 90 valence electrons. The first-order valence-corrected chi connectivity index (χ1v) is 4.59. The van der Waals surface area contributed by atoms with Gasteiger partial charge in [-0.25, -0.2) is 0 Å². The molecule has 0 unspecified atom stereocenters. The topological polar surface area (TPSA) is 71.1 Å². The number of halogens is 3. The fourth-order valence-corrected chi connectivity index (χ4v) is 1.16. The molecule has 1 rings (SSSR count). The van der Waals surface area contributed by atoms with Crippen LogP contribution < -0.4 is 15.8 Å². The summed E-state index contributed by atoms with van der Waals surface area (Å²) < 4.78 is 39.6. The molecule has 17 heavy (non-hydrogen) atoms. The lowest BCUT2D eigenvalue weighted by Crippen LogP contribution is -2.20. The number of benzene rings is 1. The van der Waals surface area contributed by atoms with E-state index >= 15 is 0 Å². The molecule has 0 spiro atoms. The maximum atomic E-state index is 12.0. The minimum absolute atomic E-state index is 0.0572. The third-order valence-electron chi connectivity index (χ3n) is 1.60. The van der Waals surface area contributed by atoms with Crippen molar-refractivity contribution >= 4 is 23.0 Å². The number of anilines is 1. The Morgan fingerprint density at radius 2 is 2.12 bits per heavy atom. The average molecular weight is 261 g/mol. The van der Waals surface area contributed by atoms with Crippen LogP contribution >= 0.6 is 12.2 Å². The second kappa shape index (κ2) is 4.88.